The topological polar surface area (TPSA) is 126 Å². The van der Waals surface area contributed by atoms with E-state index in [2.05, 4.69) is 0 Å². The van der Waals surface area contributed by atoms with E-state index in [1.807, 2.05) is 0 Å². The Morgan fingerprint density at radius 1 is 0.800 bits per heavy atom. The Morgan fingerprint density at radius 3 is 0.800 bits per heavy atom. The molecule has 0 atom stereocenters. The van der Waals surface area contributed by atoms with Gasteiger partial charge in [-0.3, -0.25) is 8.42 Å². The number of hydrogen-bond acceptors (Lipinski definition) is 6. The van der Waals surface area contributed by atoms with E-state index in [0.717, 1.165) is 0 Å². The second-order valence-electron chi connectivity index (χ2n) is 0.408. The summed E-state index contributed by atoms with van der Waals surface area (Å²) in [4.78, 5) is 0. The fourth-order valence-corrected chi connectivity index (χ4v) is 0. The van der Waals surface area contributed by atoms with E-state index >= 15 is 0 Å². The molecule has 0 aromatic carbocycles. The summed E-state index contributed by atoms with van der Waals surface area (Å²) in [6.45, 7) is 0. The first-order valence-electron chi connectivity index (χ1n) is 1.00. The number of rotatable bonds is 0. The van der Waals surface area contributed by atoms with Crippen LogP contribution in [0.3, 0.4) is 0 Å². The molecular weight excluding hydrogens is 392 g/mol. The van der Waals surface area contributed by atoms with Gasteiger partial charge in [0.15, 0.2) is 0 Å². The molecule has 6 nitrogen and oxygen atoms in total. The van der Waals surface area contributed by atoms with E-state index in [-0.39, 0.29) is 50.4 Å². The second kappa shape index (κ2) is 17.1. The van der Waals surface area contributed by atoms with E-state index < -0.39 is 22.7 Å². The quantitative estimate of drug-likeness (QED) is 0.325. The zero-order chi connectivity index (χ0) is 7.15. The fourth-order valence-electron chi connectivity index (χ4n) is 0. The molecule has 0 rings (SSSR count). The average molecular weight is 392 g/mol. The summed E-state index contributed by atoms with van der Waals surface area (Å²) in [6, 6.07) is 0. The van der Waals surface area contributed by atoms with Crippen LogP contribution >= 0.6 is 0 Å². The van der Waals surface area contributed by atoms with Crippen LogP contribution < -0.4 is 0 Å². The van der Waals surface area contributed by atoms with Gasteiger partial charge in [-0.1, -0.05) is 0 Å². The van der Waals surface area contributed by atoms with Gasteiger partial charge >= 0.3 is 50.4 Å². The van der Waals surface area contributed by atoms with Crippen molar-refractivity contribution in [2.45, 2.75) is 0 Å². The molecule has 0 saturated carbocycles. The first kappa shape index (κ1) is 22.6. The molecule has 0 unspecified atom stereocenters. The van der Waals surface area contributed by atoms with Gasteiger partial charge in [-0.05, 0) is 0 Å². The molecule has 54 valence electrons. The summed E-state index contributed by atoms with van der Waals surface area (Å²) in [5.74, 6) is 0. The van der Waals surface area contributed by atoms with E-state index in [0.29, 0.717) is 0 Å². The Morgan fingerprint density at radius 2 is 0.800 bits per heavy atom. The van der Waals surface area contributed by atoms with Gasteiger partial charge in [0.05, 0.1) is 0 Å². The minimum absolute atomic E-state index is 0. The van der Waals surface area contributed by atoms with Crippen molar-refractivity contribution in [1.82, 2.24) is 0 Å². The second-order valence-corrected chi connectivity index (χ2v) is 1.22. The van der Waals surface area contributed by atoms with Crippen LogP contribution in [0.1, 0.15) is 0 Å². The van der Waals surface area contributed by atoms with Gasteiger partial charge in [0.2, 0.25) is 0 Å². The molecule has 0 fully saturated rings. The van der Waals surface area contributed by atoms with Gasteiger partial charge in [-0.25, -0.2) is 0 Å². The molecule has 0 aliphatic carbocycles. The normalized spacial score (nSPS) is 7.00. The monoisotopic (exact) mass is 392 g/mol. The van der Waals surface area contributed by atoms with Gasteiger partial charge in [0, 0.05) is 0 Å². The Bertz CT molecular complexity index is 73.7. The SMILES string of the molecule is O=S([O-])[O-].O=S([O-])[O-].[Mg+2].[Pb+2]. The molecule has 0 saturated heterocycles. The van der Waals surface area contributed by atoms with E-state index in [9.17, 15) is 0 Å². The van der Waals surface area contributed by atoms with Crippen molar-refractivity contribution in [2.75, 3.05) is 0 Å². The van der Waals surface area contributed by atoms with Crippen molar-refractivity contribution in [1.29, 1.82) is 0 Å². The van der Waals surface area contributed by atoms with Crippen LogP contribution in [0.25, 0.3) is 0 Å². The molecule has 0 aliphatic rings. The summed E-state index contributed by atoms with van der Waals surface area (Å²) in [5.41, 5.74) is 0. The molecule has 10 heavy (non-hydrogen) atoms. The van der Waals surface area contributed by atoms with E-state index in [1.165, 1.54) is 0 Å². The Kier molecular flexibility index (Phi) is 38.6. The van der Waals surface area contributed by atoms with Crippen LogP contribution in [-0.2, 0) is 22.7 Å². The van der Waals surface area contributed by atoms with Crippen molar-refractivity contribution >= 4 is 73.1 Å². The van der Waals surface area contributed by atoms with Crippen molar-refractivity contribution in [3.05, 3.63) is 0 Å². The maximum atomic E-state index is 8.44. The molecule has 0 aliphatic heterocycles. The van der Waals surface area contributed by atoms with Crippen molar-refractivity contribution in [3.8, 4) is 0 Å². The maximum absolute atomic E-state index is 8.44. The van der Waals surface area contributed by atoms with Gasteiger partial charge in [-0.2, -0.15) is 0 Å². The Balaban J connectivity index is -0.0000000300. The maximum Gasteiger partial charge on any atom is 2.00 e. The molecule has 10 heteroatoms. The molecule has 2 radical (unpaired) electrons. The first-order chi connectivity index (χ1) is 3.46. The minimum atomic E-state index is -3.11. The largest absolute Gasteiger partial charge is 2.00 e. The van der Waals surface area contributed by atoms with Crippen LogP contribution in [0, 0.1) is 0 Å². The van der Waals surface area contributed by atoms with Crippen LogP contribution in [-0.4, -0.2) is 77.0 Å². The molecule has 0 spiro atoms. The molecule has 0 N–H and O–H groups in total. The fraction of sp³-hybridized carbons (Fsp3) is 0. The molecule has 0 aromatic heterocycles. The zero-order valence-corrected chi connectivity index (χ0v) is 11.4. The van der Waals surface area contributed by atoms with Crippen molar-refractivity contribution < 1.29 is 26.6 Å². The third-order valence-corrected chi connectivity index (χ3v) is 0. The summed E-state index contributed by atoms with van der Waals surface area (Å²) in [6.07, 6.45) is 0. The number of hydrogen-bond donors (Lipinski definition) is 0. The van der Waals surface area contributed by atoms with Gasteiger partial charge in [0.1, 0.15) is 0 Å². The van der Waals surface area contributed by atoms with Gasteiger partial charge in [-0.15, -0.1) is 22.7 Å². The minimum Gasteiger partial charge on any atom is -0.784 e. The van der Waals surface area contributed by atoms with Crippen LogP contribution in [0.15, 0.2) is 0 Å². The standard InChI is InChI=1S/Mg.2H2O3S.Pb/c;2*1-4(2)3;/h;2*(H2,1,2,3);/q+2;;;+2/p-4. The van der Waals surface area contributed by atoms with Crippen LogP contribution in [0.4, 0.5) is 0 Å². The predicted octanol–water partition coefficient (Wildman–Crippen LogP) is -2.77. The molecule has 0 heterocycles. The zero-order valence-electron chi connectivity index (χ0n) is 4.47. The van der Waals surface area contributed by atoms with Gasteiger partial charge < -0.3 is 18.2 Å². The Labute approximate surface area is 98.7 Å². The third-order valence-electron chi connectivity index (χ3n) is 0. The predicted molar refractivity (Wildman–Crippen MR) is 30.9 cm³/mol. The van der Waals surface area contributed by atoms with Gasteiger partial charge in [0.25, 0.3) is 0 Å². The average Bonchev–Trinajstić information content (AvgIpc) is 1.25. The summed E-state index contributed by atoms with van der Waals surface area (Å²) >= 11 is -6.22. The summed E-state index contributed by atoms with van der Waals surface area (Å²) in [7, 11) is 0. The van der Waals surface area contributed by atoms with Crippen LogP contribution in [0.2, 0.25) is 0 Å². The van der Waals surface area contributed by atoms with Crippen LogP contribution in [0.5, 0.6) is 0 Å². The third kappa shape index (κ3) is 229. The molecule has 0 amide bonds. The summed E-state index contributed by atoms with van der Waals surface area (Å²) in [5, 5.41) is 0. The Hall–Kier alpha value is 1.83. The van der Waals surface area contributed by atoms with E-state index in [4.69, 9.17) is 26.6 Å². The smallest absolute Gasteiger partial charge is 0.784 e. The summed E-state index contributed by atoms with van der Waals surface area (Å²) < 4.78 is 50.7. The molecule has 0 aromatic rings. The van der Waals surface area contributed by atoms with E-state index in [1.54, 1.807) is 0 Å². The molecular formula is MgO6PbS2. The first-order valence-corrected chi connectivity index (χ1v) is 3.00. The van der Waals surface area contributed by atoms with Crippen molar-refractivity contribution in [2.24, 2.45) is 0 Å². The van der Waals surface area contributed by atoms with Crippen molar-refractivity contribution in [3.63, 3.8) is 0 Å². The molecule has 0 bridgehead atoms.